The molecule has 0 radical (unpaired) electrons. The summed E-state index contributed by atoms with van der Waals surface area (Å²) < 4.78 is 5.01. The van der Waals surface area contributed by atoms with Crippen molar-refractivity contribution in [2.24, 2.45) is 4.99 Å². The van der Waals surface area contributed by atoms with Gasteiger partial charge in [-0.2, -0.15) is 0 Å². The van der Waals surface area contributed by atoms with Gasteiger partial charge in [0, 0.05) is 31.1 Å². The van der Waals surface area contributed by atoms with Gasteiger partial charge in [-0.3, -0.25) is 4.79 Å². The molecule has 1 heterocycles. The summed E-state index contributed by atoms with van der Waals surface area (Å²) in [6.45, 7) is 5.96. The number of benzene rings is 2. The zero-order chi connectivity index (χ0) is 21.3. The van der Waals surface area contributed by atoms with Crippen LogP contribution >= 0.6 is 0 Å². The molecule has 1 aliphatic rings. The zero-order valence-electron chi connectivity index (χ0n) is 17.4. The Bertz CT molecular complexity index is 909. The Morgan fingerprint density at radius 2 is 1.90 bits per heavy atom. The maximum Gasteiger partial charge on any atom is 0.338 e. The standard InChI is InChI=1S/C23H28N4O3/c1-3-24-23(25-14-16-9-11-17(12-10-16)22(29)30-4-2)26-15-18-13-21(28)27-20-8-6-5-7-19(18)20/h5-12,18H,3-4,13-15H2,1-2H3,(H,27,28)(H2,24,25,26). The highest BCUT2D eigenvalue weighted by Crippen LogP contribution is 2.31. The maximum atomic E-state index is 12.0. The Balaban J connectivity index is 1.63. The van der Waals surface area contributed by atoms with Crippen LogP contribution in [0.2, 0.25) is 0 Å². The molecule has 158 valence electrons. The first-order valence-electron chi connectivity index (χ1n) is 10.3. The molecule has 3 rings (SSSR count). The van der Waals surface area contributed by atoms with E-state index in [2.05, 4.69) is 27.0 Å². The minimum atomic E-state index is -0.320. The Hall–Kier alpha value is -3.35. The summed E-state index contributed by atoms with van der Waals surface area (Å²) >= 11 is 0. The average molecular weight is 409 g/mol. The van der Waals surface area contributed by atoms with Gasteiger partial charge in [-0.05, 0) is 43.2 Å². The molecule has 7 nitrogen and oxygen atoms in total. The molecule has 1 amide bonds. The number of amides is 1. The van der Waals surface area contributed by atoms with Gasteiger partial charge in [0.15, 0.2) is 5.96 Å². The smallest absolute Gasteiger partial charge is 0.338 e. The van der Waals surface area contributed by atoms with Gasteiger partial charge in [-0.1, -0.05) is 30.3 Å². The van der Waals surface area contributed by atoms with E-state index in [0.717, 1.165) is 23.4 Å². The minimum Gasteiger partial charge on any atom is -0.462 e. The summed E-state index contributed by atoms with van der Waals surface area (Å²) in [5.74, 6) is 0.488. The molecule has 0 aromatic heterocycles. The number of rotatable bonds is 7. The molecule has 7 heteroatoms. The van der Waals surface area contributed by atoms with E-state index < -0.39 is 0 Å². The Kier molecular flexibility index (Phi) is 7.43. The largest absolute Gasteiger partial charge is 0.462 e. The Morgan fingerprint density at radius 1 is 1.13 bits per heavy atom. The van der Waals surface area contributed by atoms with Crippen LogP contribution in [0.1, 0.15) is 47.7 Å². The second kappa shape index (κ2) is 10.4. The number of hydrogen-bond donors (Lipinski definition) is 3. The molecule has 0 fully saturated rings. The first-order chi connectivity index (χ1) is 14.6. The first-order valence-corrected chi connectivity index (χ1v) is 10.3. The fraction of sp³-hybridized carbons (Fsp3) is 0.348. The number of nitrogens with zero attached hydrogens (tertiary/aromatic N) is 1. The molecule has 2 aromatic carbocycles. The fourth-order valence-corrected chi connectivity index (χ4v) is 3.38. The van der Waals surface area contributed by atoms with Gasteiger partial charge in [-0.25, -0.2) is 9.79 Å². The lowest BCUT2D eigenvalue weighted by atomic mass is 9.90. The topological polar surface area (TPSA) is 91.8 Å². The van der Waals surface area contributed by atoms with E-state index in [1.807, 2.05) is 37.3 Å². The van der Waals surface area contributed by atoms with E-state index in [9.17, 15) is 9.59 Å². The van der Waals surface area contributed by atoms with Crippen LogP contribution in [-0.4, -0.2) is 37.5 Å². The molecule has 0 spiro atoms. The van der Waals surface area contributed by atoms with Crippen LogP contribution in [0.5, 0.6) is 0 Å². The SMILES string of the molecule is CCNC(=NCc1ccc(C(=O)OCC)cc1)NCC1CC(=O)Nc2ccccc21. The number of fused-ring (bicyclic) bond motifs is 1. The van der Waals surface area contributed by atoms with Gasteiger partial charge in [0.25, 0.3) is 0 Å². The quantitative estimate of drug-likeness (QED) is 0.372. The lowest BCUT2D eigenvalue weighted by Crippen LogP contribution is -2.40. The number of guanidine groups is 1. The molecule has 1 atom stereocenters. The molecule has 0 bridgehead atoms. The van der Waals surface area contributed by atoms with Gasteiger partial charge in [0.05, 0.1) is 18.7 Å². The fourth-order valence-electron chi connectivity index (χ4n) is 3.38. The maximum absolute atomic E-state index is 12.0. The van der Waals surface area contributed by atoms with Crippen molar-refractivity contribution in [1.29, 1.82) is 0 Å². The van der Waals surface area contributed by atoms with Gasteiger partial charge in [0.2, 0.25) is 5.91 Å². The van der Waals surface area contributed by atoms with Crippen molar-refractivity contribution >= 4 is 23.5 Å². The number of nitrogens with one attached hydrogen (secondary N) is 3. The van der Waals surface area contributed by atoms with Crippen molar-refractivity contribution in [2.45, 2.75) is 32.7 Å². The third-order valence-electron chi connectivity index (χ3n) is 4.85. The van der Waals surface area contributed by atoms with Crippen LogP contribution in [0, 0.1) is 0 Å². The lowest BCUT2D eigenvalue weighted by Gasteiger charge is -2.26. The third-order valence-corrected chi connectivity index (χ3v) is 4.85. The van der Waals surface area contributed by atoms with E-state index in [-0.39, 0.29) is 17.8 Å². The van der Waals surface area contributed by atoms with Crippen LogP contribution in [0.25, 0.3) is 0 Å². The summed E-state index contributed by atoms with van der Waals surface area (Å²) in [5, 5.41) is 9.52. The van der Waals surface area contributed by atoms with E-state index in [4.69, 9.17) is 4.74 Å². The molecular formula is C23H28N4O3. The Morgan fingerprint density at radius 3 is 2.63 bits per heavy atom. The number of hydrogen-bond acceptors (Lipinski definition) is 4. The number of para-hydroxylation sites is 1. The number of aliphatic imine (C=N–C) groups is 1. The van der Waals surface area contributed by atoms with Crippen LogP contribution < -0.4 is 16.0 Å². The van der Waals surface area contributed by atoms with Gasteiger partial charge < -0.3 is 20.7 Å². The lowest BCUT2D eigenvalue weighted by molar-refractivity contribution is -0.116. The molecule has 1 aliphatic heterocycles. The highest BCUT2D eigenvalue weighted by atomic mass is 16.5. The van der Waals surface area contributed by atoms with E-state index >= 15 is 0 Å². The number of ether oxygens (including phenoxy) is 1. The van der Waals surface area contributed by atoms with Crippen molar-refractivity contribution in [1.82, 2.24) is 10.6 Å². The summed E-state index contributed by atoms with van der Waals surface area (Å²) in [6, 6.07) is 15.1. The van der Waals surface area contributed by atoms with Crippen LogP contribution in [0.15, 0.2) is 53.5 Å². The molecule has 0 saturated heterocycles. The molecule has 0 saturated carbocycles. The first kappa shape index (κ1) is 21.4. The predicted octanol–water partition coefficient (Wildman–Crippen LogP) is 3.04. The number of anilines is 1. The Labute approximate surface area is 176 Å². The van der Waals surface area contributed by atoms with Gasteiger partial charge in [0.1, 0.15) is 0 Å². The average Bonchev–Trinajstić information content (AvgIpc) is 2.76. The molecule has 2 aromatic rings. The summed E-state index contributed by atoms with van der Waals surface area (Å²) in [4.78, 5) is 28.4. The van der Waals surface area contributed by atoms with Crippen molar-refractivity contribution in [3.8, 4) is 0 Å². The number of carbonyl (C=O) groups is 2. The number of esters is 1. The van der Waals surface area contributed by atoms with Crippen LogP contribution in [0.3, 0.4) is 0 Å². The van der Waals surface area contributed by atoms with E-state index in [1.165, 1.54) is 0 Å². The van der Waals surface area contributed by atoms with Crippen LogP contribution in [0.4, 0.5) is 5.69 Å². The summed E-state index contributed by atoms with van der Waals surface area (Å²) in [5.41, 5.74) is 3.53. The van der Waals surface area contributed by atoms with Gasteiger partial charge in [-0.15, -0.1) is 0 Å². The van der Waals surface area contributed by atoms with Crippen LogP contribution in [-0.2, 0) is 16.1 Å². The molecule has 1 unspecified atom stereocenters. The van der Waals surface area contributed by atoms with Crippen molar-refractivity contribution < 1.29 is 14.3 Å². The summed E-state index contributed by atoms with van der Waals surface area (Å²) in [6.07, 6.45) is 0.443. The molecule has 0 aliphatic carbocycles. The van der Waals surface area contributed by atoms with E-state index in [0.29, 0.717) is 37.6 Å². The summed E-state index contributed by atoms with van der Waals surface area (Å²) in [7, 11) is 0. The molecule has 30 heavy (non-hydrogen) atoms. The highest BCUT2D eigenvalue weighted by molar-refractivity contribution is 5.95. The minimum absolute atomic E-state index is 0.0316. The van der Waals surface area contributed by atoms with E-state index in [1.54, 1.807) is 19.1 Å². The van der Waals surface area contributed by atoms with Gasteiger partial charge >= 0.3 is 5.97 Å². The van der Waals surface area contributed by atoms with Crippen molar-refractivity contribution in [3.63, 3.8) is 0 Å². The molecular weight excluding hydrogens is 380 g/mol. The zero-order valence-corrected chi connectivity index (χ0v) is 17.4. The van der Waals surface area contributed by atoms with Crippen molar-refractivity contribution in [3.05, 3.63) is 65.2 Å². The third kappa shape index (κ3) is 5.59. The molecule has 3 N–H and O–H groups in total. The highest BCUT2D eigenvalue weighted by Gasteiger charge is 2.24. The van der Waals surface area contributed by atoms with Crippen molar-refractivity contribution in [2.75, 3.05) is 25.0 Å². The normalized spacial score (nSPS) is 15.7. The monoisotopic (exact) mass is 408 g/mol. The predicted molar refractivity (Wildman–Crippen MR) is 118 cm³/mol. The second-order valence-electron chi connectivity index (χ2n) is 7.03. The number of carbonyl (C=O) groups excluding carboxylic acids is 2. The second-order valence-corrected chi connectivity index (χ2v) is 7.03.